The second-order valence-electron chi connectivity index (χ2n) is 6.56. The van der Waals surface area contributed by atoms with E-state index >= 15 is 0 Å². The van der Waals surface area contributed by atoms with E-state index in [2.05, 4.69) is 10.3 Å². The minimum Gasteiger partial charge on any atom is -0.368 e. The topological polar surface area (TPSA) is 107 Å². The Balaban J connectivity index is 1.94. The number of aromatic nitrogens is 2. The zero-order valence-corrected chi connectivity index (χ0v) is 16.2. The Bertz CT molecular complexity index is 1200. The lowest BCUT2D eigenvalue weighted by molar-refractivity contribution is -0.137. The van der Waals surface area contributed by atoms with Crippen LogP contribution >= 0.6 is 0 Å². The third kappa shape index (κ3) is 3.90. The van der Waals surface area contributed by atoms with Gasteiger partial charge in [-0.05, 0) is 50.2 Å². The molecule has 1 amide bonds. The van der Waals surface area contributed by atoms with Gasteiger partial charge in [-0.3, -0.25) is 4.79 Å². The van der Waals surface area contributed by atoms with Crippen LogP contribution in [0.2, 0.25) is 0 Å². The zero-order chi connectivity index (χ0) is 21.6. The summed E-state index contributed by atoms with van der Waals surface area (Å²) in [5.74, 6) is -0.979. The van der Waals surface area contributed by atoms with Crippen LogP contribution < -0.4 is 11.1 Å². The molecular weight excluding hydrogens is 409 g/mol. The maximum absolute atomic E-state index is 12.8. The molecule has 3 N–H and O–H groups in total. The Kier molecular flexibility index (Phi) is 5.03. The molecule has 3 rings (SSSR count). The van der Waals surface area contributed by atoms with E-state index < -0.39 is 32.9 Å². The van der Waals surface area contributed by atoms with Crippen molar-refractivity contribution in [1.82, 2.24) is 8.96 Å². The van der Waals surface area contributed by atoms with Crippen molar-refractivity contribution in [1.29, 1.82) is 0 Å². The van der Waals surface area contributed by atoms with Crippen molar-refractivity contribution >= 4 is 38.6 Å². The number of nitrogens with one attached hydrogen (secondary N) is 1. The number of carbonyl (C=O) groups excluding carboxylic acids is 1. The Hall–Kier alpha value is -3.08. The van der Waals surface area contributed by atoms with E-state index in [0.29, 0.717) is 0 Å². The predicted octanol–water partition coefficient (Wildman–Crippen LogP) is 3.48. The van der Waals surface area contributed by atoms with Crippen LogP contribution in [-0.4, -0.2) is 28.5 Å². The SMILES string of the molecule is CC(C)S(=O)(=O)n1c(N)nc2cc(NC(=O)c3cccc(C(F)(F)F)c3)ccc21. The molecule has 0 spiro atoms. The van der Waals surface area contributed by atoms with Crippen LogP contribution in [0.4, 0.5) is 24.8 Å². The summed E-state index contributed by atoms with van der Waals surface area (Å²) >= 11 is 0. The van der Waals surface area contributed by atoms with Crippen LogP contribution in [0.3, 0.4) is 0 Å². The number of carbonyl (C=O) groups is 1. The Labute approximate surface area is 164 Å². The number of halogens is 3. The second-order valence-corrected chi connectivity index (χ2v) is 8.90. The quantitative estimate of drug-likeness (QED) is 0.664. The number of rotatable bonds is 4. The molecule has 154 valence electrons. The summed E-state index contributed by atoms with van der Waals surface area (Å²) in [4.78, 5) is 16.3. The highest BCUT2D eigenvalue weighted by atomic mass is 32.2. The molecule has 29 heavy (non-hydrogen) atoms. The van der Waals surface area contributed by atoms with Gasteiger partial charge < -0.3 is 11.1 Å². The van der Waals surface area contributed by atoms with Gasteiger partial charge in [0, 0.05) is 11.3 Å². The van der Waals surface area contributed by atoms with Crippen molar-refractivity contribution in [2.45, 2.75) is 25.3 Å². The fourth-order valence-corrected chi connectivity index (χ4v) is 3.82. The molecule has 11 heteroatoms. The molecule has 0 fully saturated rings. The standard InChI is InChI=1S/C18H17F3N4O3S/c1-10(2)29(27,28)25-15-7-6-13(9-14(15)24-17(25)22)23-16(26)11-4-3-5-12(8-11)18(19,20)21/h3-10H,1-2H3,(H2,22,24)(H,23,26). The van der Waals surface area contributed by atoms with Crippen molar-refractivity contribution in [3.8, 4) is 0 Å². The van der Waals surface area contributed by atoms with E-state index in [1.165, 1.54) is 38.1 Å². The van der Waals surface area contributed by atoms with Gasteiger partial charge in [0.15, 0.2) is 0 Å². The van der Waals surface area contributed by atoms with Gasteiger partial charge >= 0.3 is 6.18 Å². The number of amides is 1. The first-order valence-electron chi connectivity index (χ1n) is 8.42. The fraction of sp³-hybridized carbons (Fsp3) is 0.222. The smallest absolute Gasteiger partial charge is 0.368 e. The van der Waals surface area contributed by atoms with Crippen molar-refractivity contribution < 1.29 is 26.4 Å². The Morgan fingerprint density at radius 3 is 2.48 bits per heavy atom. The van der Waals surface area contributed by atoms with E-state index in [0.717, 1.165) is 22.2 Å². The highest BCUT2D eigenvalue weighted by Gasteiger charge is 2.31. The van der Waals surface area contributed by atoms with Gasteiger partial charge in [0.05, 0.1) is 21.8 Å². The number of fused-ring (bicyclic) bond motifs is 1. The molecule has 0 aliphatic carbocycles. The summed E-state index contributed by atoms with van der Waals surface area (Å²) in [5, 5.41) is 1.74. The van der Waals surface area contributed by atoms with Gasteiger partial charge in [0.1, 0.15) is 0 Å². The van der Waals surface area contributed by atoms with E-state index in [1.807, 2.05) is 0 Å². The summed E-state index contributed by atoms with van der Waals surface area (Å²) in [6, 6.07) is 8.24. The number of nitrogen functional groups attached to an aromatic ring is 1. The molecule has 0 aliphatic heterocycles. The van der Waals surface area contributed by atoms with Crippen LogP contribution in [0.1, 0.15) is 29.8 Å². The summed E-state index contributed by atoms with van der Waals surface area (Å²) in [5.41, 5.74) is 5.32. The maximum atomic E-state index is 12.8. The molecule has 0 unspecified atom stereocenters. The predicted molar refractivity (Wildman–Crippen MR) is 103 cm³/mol. The molecule has 0 saturated carbocycles. The van der Waals surface area contributed by atoms with Crippen molar-refractivity contribution in [3.63, 3.8) is 0 Å². The van der Waals surface area contributed by atoms with E-state index in [9.17, 15) is 26.4 Å². The number of imidazole rings is 1. The first-order chi connectivity index (χ1) is 13.4. The molecule has 1 aromatic heterocycles. The van der Waals surface area contributed by atoms with Crippen LogP contribution in [0, 0.1) is 0 Å². The van der Waals surface area contributed by atoms with Crippen molar-refractivity contribution in [3.05, 3.63) is 53.6 Å². The lowest BCUT2D eigenvalue weighted by Gasteiger charge is -2.11. The van der Waals surface area contributed by atoms with Crippen molar-refractivity contribution in [2.75, 3.05) is 11.1 Å². The second kappa shape index (κ2) is 7.07. The minimum absolute atomic E-state index is 0.174. The number of benzene rings is 2. The molecular formula is C18H17F3N4O3S. The largest absolute Gasteiger partial charge is 0.416 e. The van der Waals surface area contributed by atoms with E-state index in [4.69, 9.17) is 5.73 Å². The average molecular weight is 426 g/mol. The molecule has 0 bridgehead atoms. The minimum atomic E-state index is -4.57. The van der Waals surface area contributed by atoms with Gasteiger partial charge in [-0.2, -0.15) is 13.2 Å². The summed E-state index contributed by atoms with van der Waals surface area (Å²) in [7, 11) is -3.75. The van der Waals surface area contributed by atoms with Crippen LogP contribution in [0.5, 0.6) is 0 Å². The summed E-state index contributed by atoms with van der Waals surface area (Å²) < 4.78 is 64.3. The van der Waals surface area contributed by atoms with Gasteiger partial charge in [0.2, 0.25) is 16.0 Å². The Morgan fingerprint density at radius 2 is 1.86 bits per heavy atom. The van der Waals surface area contributed by atoms with Gasteiger partial charge in [0.25, 0.3) is 5.91 Å². The number of hydrogen-bond acceptors (Lipinski definition) is 5. The first-order valence-corrected chi connectivity index (χ1v) is 9.92. The monoisotopic (exact) mass is 426 g/mol. The van der Waals surface area contributed by atoms with E-state index in [-0.39, 0.29) is 28.2 Å². The number of anilines is 2. The van der Waals surface area contributed by atoms with Crippen molar-refractivity contribution in [2.24, 2.45) is 0 Å². The van der Waals surface area contributed by atoms with Crippen LogP contribution in [0.15, 0.2) is 42.5 Å². The lowest BCUT2D eigenvalue weighted by Crippen LogP contribution is -2.23. The molecule has 7 nitrogen and oxygen atoms in total. The Morgan fingerprint density at radius 1 is 1.17 bits per heavy atom. The molecule has 0 atom stereocenters. The summed E-state index contributed by atoms with van der Waals surface area (Å²) in [6.45, 7) is 3.01. The van der Waals surface area contributed by atoms with Gasteiger partial charge in [-0.1, -0.05) is 6.07 Å². The summed E-state index contributed by atoms with van der Waals surface area (Å²) in [6.07, 6.45) is -4.57. The number of hydrogen-bond donors (Lipinski definition) is 2. The number of alkyl halides is 3. The van der Waals surface area contributed by atoms with Gasteiger partial charge in [-0.25, -0.2) is 17.4 Å². The van der Waals surface area contributed by atoms with Gasteiger partial charge in [-0.15, -0.1) is 0 Å². The van der Waals surface area contributed by atoms with Crippen LogP contribution in [0.25, 0.3) is 11.0 Å². The molecule has 0 saturated heterocycles. The highest BCUT2D eigenvalue weighted by molar-refractivity contribution is 7.90. The average Bonchev–Trinajstić information content (AvgIpc) is 2.96. The number of nitrogens with two attached hydrogens (primary N) is 1. The lowest BCUT2D eigenvalue weighted by atomic mass is 10.1. The third-order valence-corrected chi connectivity index (χ3v) is 6.28. The molecule has 0 radical (unpaired) electrons. The first kappa shape index (κ1) is 20.6. The number of nitrogens with zero attached hydrogens (tertiary/aromatic N) is 2. The zero-order valence-electron chi connectivity index (χ0n) is 15.4. The highest BCUT2D eigenvalue weighted by Crippen LogP contribution is 2.30. The molecule has 1 heterocycles. The third-order valence-electron chi connectivity index (χ3n) is 4.20. The fourth-order valence-electron chi connectivity index (χ4n) is 2.67. The maximum Gasteiger partial charge on any atom is 0.416 e. The molecule has 2 aromatic carbocycles. The molecule has 3 aromatic rings. The van der Waals surface area contributed by atoms with E-state index in [1.54, 1.807) is 0 Å². The normalized spacial score (nSPS) is 12.5. The van der Waals surface area contributed by atoms with Crippen LogP contribution in [-0.2, 0) is 16.2 Å². The molecule has 0 aliphatic rings.